The Morgan fingerprint density at radius 3 is 2.40 bits per heavy atom. The second kappa shape index (κ2) is 15.6. The van der Waals surface area contributed by atoms with Crippen LogP contribution in [0.3, 0.4) is 0 Å². The van der Waals surface area contributed by atoms with E-state index in [0.29, 0.717) is 35.2 Å². The van der Waals surface area contributed by atoms with Crippen molar-refractivity contribution in [3.05, 3.63) is 83.8 Å². The van der Waals surface area contributed by atoms with E-state index in [2.05, 4.69) is 32.1 Å². The van der Waals surface area contributed by atoms with Crippen molar-refractivity contribution in [1.29, 1.82) is 0 Å². The van der Waals surface area contributed by atoms with Crippen molar-refractivity contribution >= 4 is 29.2 Å². The topological polar surface area (TPSA) is 102 Å². The van der Waals surface area contributed by atoms with Crippen LogP contribution in [0.25, 0.3) is 0 Å². The van der Waals surface area contributed by atoms with Gasteiger partial charge in [0.05, 0.1) is 26.5 Å². The van der Waals surface area contributed by atoms with Crippen LogP contribution < -0.4 is 29.2 Å². The van der Waals surface area contributed by atoms with Crippen LogP contribution in [-0.2, 0) is 0 Å². The number of hydrogen-bond donors (Lipinski definition) is 1. The largest absolute Gasteiger partial charge is 0.497 e. The predicted octanol–water partition coefficient (Wildman–Crippen LogP) is 6.35. The Hall–Kier alpha value is -4.94. The van der Waals surface area contributed by atoms with Crippen LogP contribution in [0.4, 0.5) is 32.3 Å². The molecule has 0 radical (unpaired) electrons. The van der Waals surface area contributed by atoms with Crippen LogP contribution in [-0.4, -0.2) is 86.5 Å². The third-order valence-electron chi connectivity index (χ3n) is 7.94. The van der Waals surface area contributed by atoms with Gasteiger partial charge in [-0.25, -0.2) is 19.1 Å². The normalized spacial score (nSPS) is 13.6. The molecule has 2 heterocycles. The first-order chi connectivity index (χ1) is 22.7. The Kier molecular flexibility index (Phi) is 11.1. The lowest BCUT2D eigenvalue weighted by Crippen LogP contribution is -2.44. The minimum absolute atomic E-state index is 0.134. The number of benzene rings is 3. The second-order valence-corrected chi connectivity index (χ2v) is 11.3. The summed E-state index contributed by atoms with van der Waals surface area (Å²) >= 11 is 0. The van der Waals surface area contributed by atoms with E-state index in [4.69, 9.17) is 18.9 Å². The van der Waals surface area contributed by atoms with Gasteiger partial charge in [0.15, 0.2) is 11.6 Å². The molecule has 0 bridgehead atoms. The first-order valence-corrected chi connectivity index (χ1v) is 15.5. The fraction of sp³-hybridized carbons (Fsp3) is 0.343. The van der Waals surface area contributed by atoms with Gasteiger partial charge in [-0.1, -0.05) is 18.2 Å². The van der Waals surface area contributed by atoms with E-state index in [1.807, 2.05) is 32.0 Å². The molecular formula is C35H41FN6O5. The van der Waals surface area contributed by atoms with Crippen molar-refractivity contribution < 1.29 is 28.1 Å². The lowest BCUT2D eigenvalue weighted by molar-refractivity contribution is 0.145. The molecule has 1 amide bonds. The number of methoxy groups -OCH3 is 2. The maximum Gasteiger partial charge on any atom is 0.425 e. The highest BCUT2D eigenvalue weighted by Crippen LogP contribution is 2.38. The van der Waals surface area contributed by atoms with Gasteiger partial charge in [-0.15, -0.1) is 0 Å². The molecule has 0 aliphatic carbocycles. The molecule has 1 aliphatic rings. The van der Waals surface area contributed by atoms with Crippen molar-refractivity contribution in [3.8, 4) is 23.0 Å². The molecule has 12 heteroatoms. The van der Waals surface area contributed by atoms with Gasteiger partial charge in [-0.05, 0) is 62.7 Å². The monoisotopic (exact) mass is 644 g/mol. The number of carbonyl (C=O) groups is 1. The van der Waals surface area contributed by atoms with Crippen LogP contribution >= 0.6 is 0 Å². The molecule has 1 fully saturated rings. The summed E-state index contributed by atoms with van der Waals surface area (Å²) in [5.74, 6) is 1.31. The molecule has 11 nitrogen and oxygen atoms in total. The van der Waals surface area contributed by atoms with Crippen molar-refractivity contribution in [2.45, 2.75) is 20.3 Å². The average Bonchev–Trinajstić information content (AvgIpc) is 3.07. The summed E-state index contributed by atoms with van der Waals surface area (Å²) < 4.78 is 37.7. The van der Waals surface area contributed by atoms with E-state index in [0.717, 1.165) is 50.3 Å². The van der Waals surface area contributed by atoms with Gasteiger partial charge in [-0.2, -0.15) is 4.98 Å². The van der Waals surface area contributed by atoms with E-state index in [-0.39, 0.29) is 17.5 Å². The van der Waals surface area contributed by atoms with Gasteiger partial charge in [0.1, 0.15) is 23.1 Å². The molecule has 0 saturated carbocycles. The lowest BCUT2D eigenvalue weighted by atomic mass is 10.1. The molecule has 0 atom stereocenters. The number of rotatable bonds is 12. The standard InChI is InChI=1S/C35H41FN6O5/c1-24-8-6-9-25(2)33(24)47-35(43)42(29-23-27(44-4)11-13-31(29)45-5)32-14-15-37-34(39-32)38-26-10-12-30(28(36)22-26)46-21-7-16-41-19-17-40(3)18-20-41/h6,8-15,22-23H,7,16-21H2,1-5H3,(H,37,38,39). The fourth-order valence-electron chi connectivity index (χ4n) is 5.28. The minimum Gasteiger partial charge on any atom is -0.497 e. The van der Waals surface area contributed by atoms with Gasteiger partial charge < -0.3 is 34.1 Å². The zero-order chi connectivity index (χ0) is 33.3. The minimum atomic E-state index is -0.723. The Labute approximate surface area is 274 Å². The van der Waals surface area contributed by atoms with Gasteiger partial charge in [0.25, 0.3) is 0 Å². The molecule has 5 rings (SSSR count). The van der Waals surface area contributed by atoms with E-state index < -0.39 is 11.9 Å². The van der Waals surface area contributed by atoms with E-state index in [1.165, 1.54) is 31.4 Å². The highest BCUT2D eigenvalue weighted by molar-refractivity contribution is 5.98. The predicted molar refractivity (Wildman–Crippen MR) is 179 cm³/mol. The van der Waals surface area contributed by atoms with Crippen molar-refractivity contribution in [1.82, 2.24) is 19.8 Å². The molecule has 1 N–H and O–H groups in total. The van der Waals surface area contributed by atoms with Crippen molar-refractivity contribution in [3.63, 3.8) is 0 Å². The number of hydrogen-bond acceptors (Lipinski definition) is 10. The van der Waals surface area contributed by atoms with Crippen LogP contribution in [0.5, 0.6) is 23.0 Å². The molecule has 47 heavy (non-hydrogen) atoms. The highest BCUT2D eigenvalue weighted by atomic mass is 19.1. The summed E-state index contributed by atoms with van der Waals surface area (Å²) in [5, 5.41) is 3.03. The summed E-state index contributed by atoms with van der Waals surface area (Å²) in [6, 6.07) is 16.8. The van der Waals surface area contributed by atoms with E-state index in [1.54, 1.807) is 36.4 Å². The third-order valence-corrected chi connectivity index (χ3v) is 7.94. The molecule has 4 aromatic rings. The number of halogens is 1. The molecule has 1 saturated heterocycles. The number of aryl methyl sites for hydroxylation is 2. The number of nitrogens with zero attached hydrogens (tertiary/aromatic N) is 5. The number of ether oxygens (including phenoxy) is 4. The summed E-state index contributed by atoms with van der Waals surface area (Å²) in [6.45, 7) is 9.25. The molecule has 1 aromatic heterocycles. The quantitative estimate of drug-likeness (QED) is 0.176. The average molecular weight is 645 g/mol. The summed E-state index contributed by atoms with van der Waals surface area (Å²) in [6.07, 6.45) is 1.58. The molecule has 248 valence electrons. The lowest BCUT2D eigenvalue weighted by Gasteiger charge is -2.32. The maximum absolute atomic E-state index is 15.0. The van der Waals surface area contributed by atoms with Gasteiger partial charge >= 0.3 is 6.09 Å². The maximum atomic E-state index is 15.0. The Bertz CT molecular complexity index is 1660. The Morgan fingerprint density at radius 2 is 1.70 bits per heavy atom. The van der Waals surface area contributed by atoms with Crippen LogP contribution in [0, 0.1) is 19.7 Å². The summed E-state index contributed by atoms with van der Waals surface area (Å²) in [5.41, 5.74) is 2.34. The molecule has 1 aliphatic heterocycles. The van der Waals surface area contributed by atoms with Gasteiger partial charge in [-0.3, -0.25) is 0 Å². The number of piperazine rings is 1. The molecule has 0 spiro atoms. The second-order valence-electron chi connectivity index (χ2n) is 11.3. The smallest absolute Gasteiger partial charge is 0.425 e. The Balaban J connectivity index is 1.34. The first kappa shape index (κ1) is 33.4. The number of anilines is 4. The van der Waals surface area contributed by atoms with Gasteiger partial charge in [0.2, 0.25) is 5.95 Å². The van der Waals surface area contributed by atoms with Gasteiger partial charge in [0, 0.05) is 62.8 Å². The highest BCUT2D eigenvalue weighted by Gasteiger charge is 2.27. The zero-order valence-electron chi connectivity index (χ0n) is 27.5. The zero-order valence-corrected chi connectivity index (χ0v) is 27.5. The molecule has 0 unspecified atom stereocenters. The number of nitrogens with one attached hydrogen (secondary N) is 1. The van der Waals surface area contributed by atoms with Crippen LogP contribution in [0.1, 0.15) is 17.5 Å². The number of amides is 1. The third kappa shape index (κ3) is 8.46. The van der Waals surface area contributed by atoms with E-state index in [9.17, 15) is 4.79 Å². The SMILES string of the molecule is COc1ccc(OC)c(N(C(=O)Oc2c(C)cccc2C)c2ccnc(Nc3ccc(OCCCN4CCN(C)CC4)c(F)c3)n2)c1. The molecule has 3 aromatic carbocycles. The number of likely N-dealkylation sites (N-methyl/N-ethyl adjacent to an activating group) is 1. The van der Waals surface area contributed by atoms with E-state index >= 15 is 4.39 Å². The summed E-state index contributed by atoms with van der Waals surface area (Å²) in [7, 11) is 5.16. The van der Waals surface area contributed by atoms with Crippen LogP contribution in [0.2, 0.25) is 0 Å². The Morgan fingerprint density at radius 1 is 0.957 bits per heavy atom. The number of aromatic nitrogens is 2. The summed E-state index contributed by atoms with van der Waals surface area (Å²) in [4.78, 5) is 28.8. The fourth-order valence-corrected chi connectivity index (χ4v) is 5.28. The molecular weight excluding hydrogens is 603 g/mol. The van der Waals surface area contributed by atoms with Crippen molar-refractivity contribution in [2.24, 2.45) is 0 Å². The first-order valence-electron chi connectivity index (χ1n) is 15.5. The number of carbonyl (C=O) groups excluding carboxylic acids is 1. The van der Waals surface area contributed by atoms with Crippen molar-refractivity contribution in [2.75, 3.05) is 70.8 Å². The number of para-hydroxylation sites is 1. The van der Waals surface area contributed by atoms with Crippen LogP contribution in [0.15, 0.2) is 66.9 Å².